The molecular formula is C8H12N2O. The number of hydrogen-bond acceptors (Lipinski definition) is 3. The maximum atomic E-state index is 8.85. The van der Waals surface area contributed by atoms with E-state index in [-0.39, 0.29) is 12.6 Å². The molecule has 1 atom stereocenters. The second kappa shape index (κ2) is 3.46. The van der Waals surface area contributed by atoms with Gasteiger partial charge in [0.25, 0.3) is 0 Å². The quantitative estimate of drug-likeness (QED) is 0.652. The molecule has 0 saturated heterocycles. The molecule has 0 fully saturated rings. The molecule has 1 rings (SSSR count). The smallest absolute Gasteiger partial charge is 0.0856 e. The average molecular weight is 152 g/mol. The minimum absolute atomic E-state index is 0.0439. The molecule has 0 amide bonds. The second-order valence-corrected chi connectivity index (χ2v) is 2.49. The summed E-state index contributed by atoms with van der Waals surface area (Å²) in [5.41, 5.74) is 7.22. The summed E-state index contributed by atoms with van der Waals surface area (Å²) in [7, 11) is 0. The Balaban J connectivity index is 3.02. The van der Waals surface area contributed by atoms with Crippen molar-refractivity contribution in [2.75, 3.05) is 0 Å². The van der Waals surface area contributed by atoms with Gasteiger partial charge in [0.05, 0.1) is 12.3 Å². The lowest BCUT2D eigenvalue weighted by atomic mass is 10.1. The van der Waals surface area contributed by atoms with Crippen molar-refractivity contribution in [2.45, 2.75) is 19.6 Å². The van der Waals surface area contributed by atoms with E-state index in [2.05, 4.69) is 4.98 Å². The first kappa shape index (κ1) is 8.17. The van der Waals surface area contributed by atoms with Gasteiger partial charge in [-0.15, -0.1) is 0 Å². The predicted octanol–water partition coefficient (Wildman–Crippen LogP) is 0.594. The molecular weight excluding hydrogens is 140 g/mol. The van der Waals surface area contributed by atoms with Crippen LogP contribution in [0.2, 0.25) is 0 Å². The van der Waals surface area contributed by atoms with E-state index >= 15 is 0 Å². The Hall–Kier alpha value is -0.930. The first-order valence-electron chi connectivity index (χ1n) is 3.56. The van der Waals surface area contributed by atoms with Crippen molar-refractivity contribution in [3.05, 3.63) is 29.6 Å². The van der Waals surface area contributed by atoms with Gasteiger partial charge >= 0.3 is 0 Å². The monoisotopic (exact) mass is 152 g/mol. The molecule has 1 aromatic rings. The summed E-state index contributed by atoms with van der Waals surface area (Å²) < 4.78 is 0. The van der Waals surface area contributed by atoms with E-state index in [0.717, 1.165) is 5.56 Å². The van der Waals surface area contributed by atoms with Crippen LogP contribution in [0.4, 0.5) is 0 Å². The van der Waals surface area contributed by atoms with Gasteiger partial charge in [0.15, 0.2) is 0 Å². The molecule has 0 aromatic carbocycles. The Kier molecular flexibility index (Phi) is 2.57. The second-order valence-electron chi connectivity index (χ2n) is 2.49. The third kappa shape index (κ3) is 1.76. The molecule has 0 aliphatic carbocycles. The van der Waals surface area contributed by atoms with Crippen LogP contribution in [0.25, 0.3) is 0 Å². The van der Waals surface area contributed by atoms with Crippen LogP contribution in [0.5, 0.6) is 0 Å². The molecule has 3 N–H and O–H groups in total. The van der Waals surface area contributed by atoms with Crippen molar-refractivity contribution < 1.29 is 5.11 Å². The van der Waals surface area contributed by atoms with Crippen molar-refractivity contribution >= 4 is 0 Å². The van der Waals surface area contributed by atoms with Crippen molar-refractivity contribution in [1.82, 2.24) is 4.98 Å². The fraction of sp³-hybridized carbons (Fsp3) is 0.375. The molecule has 0 aliphatic rings. The molecule has 3 nitrogen and oxygen atoms in total. The van der Waals surface area contributed by atoms with Gasteiger partial charge in [-0.05, 0) is 18.6 Å². The summed E-state index contributed by atoms with van der Waals surface area (Å²) in [5.74, 6) is 0. The number of aromatic nitrogens is 1. The highest BCUT2D eigenvalue weighted by Gasteiger charge is 2.04. The van der Waals surface area contributed by atoms with E-state index in [0.29, 0.717) is 5.69 Å². The van der Waals surface area contributed by atoms with Gasteiger partial charge in [0, 0.05) is 12.2 Å². The molecule has 0 radical (unpaired) electrons. The van der Waals surface area contributed by atoms with Crippen LogP contribution in [0, 0.1) is 0 Å². The van der Waals surface area contributed by atoms with Gasteiger partial charge in [0.1, 0.15) is 0 Å². The zero-order valence-electron chi connectivity index (χ0n) is 6.49. The van der Waals surface area contributed by atoms with E-state index in [1.165, 1.54) is 0 Å². The Bertz CT molecular complexity index is 235. The standard InChI is InChI=1S/C8H12N2O/c1-6(9)7-3-2-4-10-8(7)5-11/h2-4,6,11H,5,9H2,1H3. The number of nitrogens with two attached hydrogens (primary N) is 1. The lowest BCUT2D eigenvalue weighted by Crippen LogP contribution is -2.09. The fourth-order valence-electron chi connectivity index (χ4n) is 0.997. The van der Waals surface area contributed by atoms with Gasteiger partial charge in [-0.2, -0.15) is 0 Å². The van der Waals surface area contributed by atoms with Crippen molar-refractivity contribution in [2.24, 2.45) is 5.73 Å². The van der Waals surface area contributed by atoms with Gasteiger partial charge in [-0.3, -0.25) is 4.98 Å². The molecule has 1 unspecified atom stereocenters. The van der Waals surface area contributed by atoms with Crippen LogP contribution in [-0.4, -0.2) is 10.1 Å². The third-order valence-corrected chi connectivity index (χ3v) is 1.57. The lowest BCUT2D eigenvalue weighted by Gasteiger charge is -2.08. The highest BCUT2D eigenvalue weighted by molar-refractivity contribution is 5.21. The first-order valence-corrected chi connectivity index (χ1v) is 3.56. The van der Waals surface area contributed by atoms with Crippen LogP contribution < -0.4 is 5.73 Å². The van der Waals surface area contributed by atoms with Crippen LogP contribution >= 0.6 is 0 Å². The summed E-state index contributed by atoms with van der Waals surface area (Å²) in [5, 5.41) is 8.85. The average Bonchev–Trinajstić information content (AvgIpc) is 2.04. The number of rotatable bonds is 2. The lowest BCUT2D eigenvalue weighted by molar-refractivity contribution is 0.275. The molecule has 0 spiro atoms. The van der Waals surface area contributed by atoms with Crippen LogP contribution in [0.3, 0.4) is 0 Å². The van der Waals surface area contributed by atoms with Gasteiger partial charge < -0.3 is 10.8 Å². The summed E-state index contributed by atoms with van der Waals surface area (Å²) in [6, 6.07) is 3.63. The zero-order chi connectivity index (χ0) is 8.27. The summed E-state index contributed by atoms with van der Waals surface area (Å²) in [4.78, 5) is 3.99. The van der Waals surface area contributed by atoms with E-state index in [1.54, 1.807) is 6.20 Å². The Morgan fingerprint density at radius 1 is 1.73 bits per heavy atom. The summed E-state index contributed by atoms with van der Waals surface area (Å²) in [6.45, 7) is 1.83. The molecule has 1 aromatic heterocycles. The highest BCUT2D eigenvalue weighted by atomic mass is 16.3. The fourth-order valence-corrected chi connectivity index (χ4v) is 0.997. The van der Waals surface area contributed by atoms with Gasteiger partial charge in [-0.25, -0.2) is 0 Å². The minimum atomic E-state index is -0.0640. The van der Waals surface area contributed by atoms with Gasteiger partial charge in [0.2, 0.25) is 0 Å². The Morgan fingerprint density at radius 3 is 2.91 bits per heavy atom. The number of aliphatic hydroxyl groups is 1. The number of nitrogens with zero attached hydrogens (tertiary/aromatic N) is 1. The normalized spacial score (nSPS) is 13.0. The maximum Gasteiger partial charge on any atom is 0.0856 e. The molecule has 0 aliphatic heterocycles. The van der Waals surface area contributed by atoms with E-state index in [1.807, 2.05) is 19.1 Å². The summed E-state index contributed by atoms with van der Waals surface area (Å²) in [6.07, 6.45) is 1.65. The van der Waals surface area contributed by atoms with E-state index in [4.69, 9.17) is 10.8 Å². The van der Waals surface area contributed by atoms with Crippen LogP contribution in [0.15, 0.2) is 18.3 Å². The molecule has 11 heavy (non-hydrogen) atoms. The highest BCUT2D eigenvalue weighted by Crippen LogP contribution is 2.12. The third-order valence-electron chi connectivity index (χ3n) is 1.57. The molecule has 60 valence electrons. The predicted molar refractivity (Wildman–Crippen MR) is 42.8 cm³/mol. The summed E-state index contributed by atoms with van der Waals surface area (Å²) >= 11 is 0. The van der Waals surface area contributed by atoms with Crippen LogP contribution in [0.1, 0.15) is 24.2 Å². The first-order chi connectivity index (χ1) is 5.25. The molecule has 1 heterocycles. The topological polar surface area (TPSA) is 59.1 Å². The van der Waals surface area contributed by atoms with Crippen molar-refractivity contribution in [3.8, 4) is 0 Å². The maximum absolute atomic E-state index is 8.85. The van der Waals surface area contributed by atoms with Gasteiger partial charge in [-0.1, -0.05) is 6.07 Å². The minimum Gasteiger partial charge on any atom is -0.390 e. The van der Waals surface area contributed by atoms with E-state index in [9.17, 15) is 0 Å². The Morgan fingerprint density at radius 2 is 2.45 bits per heavy atom. The molecule has 0 bridgehead atoms. The number of aliphatic hydroxyl groups excluding tert-OH is 1. The molecule has 3 heteroatoms. The van der Waals surface area contributed by atoms with Crippen LogP contribution in [-0.2, 0) is 6.61 Å². The number of pyridine rings is 1. The van der Waals surface area contributed by atoms with E-state index < -0.39 is 0 Å². The molecule has 0 saturated carbocycles. The Labute approximate surface area is 65.9 Å². The number of hydrogen-bond donors (Lipinski definition) is 2. The van der Waals surface area contributed by atoms with Crippen molar-refractivity contribution in [1.29, 1.82) is 0 Å². The SMILES string of the molecule is CC(N)c1cccnc1CO. The van der Waals surface area contributed by atoms with Crippen molar-refractivity contribution in [3.63, 3.8) is 0 Å². The zero-order valence-corrected chi connectivity index (χ0v) is 6.49. The largest absolute Gasteiger partial charge is 0.390 e.